The lowest BCUT2D eigenvalue weighted by Gasteiger charge is -2.11. The Balaban J connectivity index is 1.95. The van der Waals surface area contributed by atoms with Gasteiger partial charge in [0.2, 0.25) is 0 Å². The van der Waals surface area contributed by atoms with Gasteiger partial charge in [0.25, 0.3) is 0 Å². The number of hydrogen-bond acceptors (Lipinski definition) is 3. The fourth-order valence-corrected chi connectivity index (χ4v) is 2.50. The summed E-state index contributed by atoms with van der Waals surface area (Å²) < 4.78 is 5.32. The third-order valence-corrected chi connectivity index (χ3v) is 3.67. The zero-order valence-electron chi connectivity index (χ0n) is 11.1. The third kappa shape index (κ3) is 2.55. The molecule has 0 bridgehead atoms. The summed E-state index contributed by atoms with van der Waals surface area (Å²) in [5.74, 6) is 0.755. The molecule has 1 atom stereocenters. The first kappa shape index (κ1) is 13.2. The van der Waals surface area contributed by atoms with Crippen molar-refractivity contribution in [1.29, 1.82) is 0 Å². The molecule has 20 heavy (non-hydrogen) atoms. The number of rotatable bonds is 3. The normalized spacial score (nSPS) is 12.8. The number of nitrogens with zero attached hydrogens (tertiary/aromatic N) is 1. The van der Waals surface area contributed by atoms with Crippen LogP contribution in [0.1, 0.15) is 22.9 Å². The van der Waals surface area contributed by atoms with Crippen molar-refractivity contribution in [2.45, 2.75) is 19.4 Å². The van der Waals surface area contributed by atoms with Gasteiger partial charge in [-0.3, -0.25) is 0 Å². The quantitative estimate of drug-likeness (QED) is 0.740. The minimum absolute atomic E-state index is 0.216. The average molecular weight is 287 g/mol. The monoisotopic (exact) mass is 286 g/mol. The Morgan fingerprint density at radius 2 is 2.15 bits per heavy atom. The smallest absolute Gasteiger partial charge is 0.133 e. The van der Waals surface area contributed by atoms with Gasteiger partial charge in [-0.1, -0.05) is 23.7 Å². The molecule has 0 fully saturated rings. The molecule has 0 saturated carbocycles. The molecule has 0 aliphatic rings. The number of fused-ring (bicyclic) bond motifs is 1. The largest absolute Gasteiger partial charge is 0.468 e. The Morgan fingerprint density at radius 3 is 2.90 bits per heavy atom. The number of nitrogens with two attached hydrogens (primary N) is 1. The molecule has 2 aromatic heterocycles. The van der Waals surface area contributed by atoms with Crippen molar-refractivity contribution in [2.75, 3.05) is 0 Å². The molecule has 0 amide bonds. The van der Waals surface area contributed by atoms with E-state index in [0.717, 1.165) is 22.2 Å². The van der Waals surface area contributed by atoms with Gasteiger partial charge in [0, 0.05) is 5.39 Å². The predicted octanol–water partition coefficient (Wildman–Crippen LogP) is 4.03. The summed E-state index contributed by atoms with van der Waals surface area (Å²) in [6.07, 6.45) is 2.22. The first-order valence-electron chi connectivity index (χ1n) is 6.48. The third-order valence-electron chi connectivity index (χ3n) is 3.35. The van der Waals surface area contributed by atoms with Gasteiger partial charge in [-0.05, 0) is 48.7 Å². The van der Waals surface area contributed by atoms with E-state index >= 15 is 0 Å². The van der Waals surface area contributed by atoms with Crippen LogP contribution in [0.25, 0.3) is 10.9 Å². The number of aromatic nitrogens is 1. The molecule has 2 N–H and O–H groups in total. The highest BCUT2D eigenvalue weighted by molar-refractivity contribution is 6.30. The molecule has 0 aliphatic carbocycles. The minimum atomic E-state index is -0.216. The lowest BCUT2D eigenvalue weighted by atomic mass is 10.0. The van der Waals surface area contributed by atoms with Crippen LogP contribution in [0, 0.1) is 6.92 Å². The fourth-order valence-electron chi connectivity index (χ4n) is 2.28. The van der Waals surface area contributed by atoms with Crippen LogP contribution in [0.2, 0.25) is 5.15 Å². The Bertz CT molecular complexity index is 738. The van der Waals surface area contributed by atoms with Crippen LogP contribution in [-0.4, -0.2) is 4.98 Å². The van der Waals surface area contributed by atoms with Crippen molar-refractivity contribution in [3.63, 3.8) is 0 Å². The van der Waals surface area contributed by atoms with E-state index in [9.17, 15) is 0 Å². The summed E-state index contributed by atoms with van der Waals surface area (Å²) in [6, 6.07) is 11.7. The van der Waals surface area contributed by atoms with Gasteiger partial charge in [0.15, 0.2) is 0 Å². The molecule has 0 aliphatic heterocycles. The predicted molar refractivity (Wildman–Crippen MR) is 80.8 cm³/mol. The summed E-state index contributed by atoms with van der Waals surface area (Å²) in [4.78, 5) is 4.45. The topological polar surface area (TPSA) is 52.0 Å². The van der Waals surface area contributed by atoms with Crippen molar-refractivity contribution < 1.29 is 4.42 Å². The van der Waals surface area contributed by atoms with Crippen LogP contribution in [0.4, 0.5) is 0 Å². The molecule has 0 spiro atoms. The molecule has 1 unspecified atom stereocenters. The van der Waals surface area contributed by atoms with E-state index in [1.807, 2.05) is 31.2 Å². The lowest BCUT2D eigenvalue weighted by molar-refractivity contribution is 0.464. The van der Waals surface area contributed by atoms with Gasteiger partial charge >= 0.3 is 0 Å². The molecule has 1 aromatic carbocycles. The second-order valence-electron chi connectivity index (χ2n) is 4.96. The molecular weight excluding hydrogens is 272 g/mol. The van der Waals surface area contributed by atoms with Crippen LogP contribution in [0.5, 0.6) is 0 Å². The molecule has 4 heteroatoms. The zero-order chi connectivity index (χ0) is 14.1. The van der Waals surface area contributed by atoms with Crippen molar-refractivity contribution in [2.24, 2.45) is 5.73 Å². The van der Waals surface area contributed by atoms with Crippen molar-refractivity contribution in [1.82, 2.24) is 4.98 Å². The highest BCUT2D eigenvalue weighted by atomic mass is 35.5. The van der Waals surface area contributed by atoms with Gasteiger partial charge in [-0.2, -0.15) is 0 Å². The van der Waals surface area contributed by atoms with Crippen LogP contribution >= 0.6 is 11.6 Å². The summed E-state index contributed by atoms with van der Waals surface area (Å²) in [5.41, 5.74) is 9.14. The number of furan rings is 1. The number of aryl methyl sites for hydroxylation is 1. The molecule has 0 saturated heterocycles. The van der Waals surface area contributed by atoms with Crippen molar-refractivity contribution >= 4 is 22.5 Å². The van der Waals surface area contributed by atoms with Crippen molar-refractivity contribution in [3.8, 4) is 0 Å². The Labute approximate surface area is 122 Å². The van der Waals surface area contributed by atoms with Gasteiger partial charge in [0.05, 0.1) is 17.8 Å². The summed E-state index contributed by atoms with van der Waals surface area (Å²) in [7, 11) is 0. The molecule has 3 nitrogen and oxygen atoms in total. The SMILES string of the molecule is Cc1ccc2cc(CC(N)c3ccco3)c(Cl)nc2c1. The molecular formula is C16H15ClN2O. The van der Waals surface area contributed by atoms with Gasteiger partial charge in [0.1, 0.15) is 10.9 Å². The van der Waals surface area contributed by atoms with E-state index in [1.54, 1.807) is 6.26 Å². The Kier molecular flexibility index (Phi) is 3.47. The zero-order valence-corrected chi connectivity index (χ0v) is 11.9. The average Bonchev–Trinajstić information content (AvgIpc) is 2.94. The van der Waals surface area contributed by atoms with E-state index < -0.39 is 0 Å². The lowest BCUT2D eigenvalue weighted by Crippen LogP contribution is -2.13. The van der Waals surface area contributed by atoms with E-state index in [4.69, 9.17) is 21.8 Å². The molecule has 0 radical (unpaired) electrons. The van der Waals surface area contributed by atoms with Crippen LogP contribution < -0.4 is 5.73 Å². The number of hydrogen-bond donors (Lipinski definition) is 1. The molecule has 102 valence electrons. The van der Waals surface area contributed by atoms with Gasteiger partial charge < -0.3 is 10.2 Å². The molecule has 3 aromatic rings. The molecule has 3 rings (SSSR count). The minimum Gasteiger partial charge on any atom is -0.468 e. The fraction of sp³-hybridized carbons (Fsp3) is 0.188. The number of benzene rings is 1. The van der Waals surface area contributed by atoms with Crippen molar-refractivity contribution in [3.05, 3.63) is 64.7 Å². The maximum absolute atomic E-state index is 6.26. The van der Waals surface area contributed by atoms with Gasteiger partial charge in [-0.25, -0.2) is 4.98 Å². The van der Waals surface area contributed by atoms with E-state index in [0.29, 0.717) is 11.6 Å². The summed E-state index contributed by atoms with van der Waals surface area (Å²) >= 11 is 6.26. The number of halogens is 1. The Hall–Kier alpha value is -1.84. The van der Waals surface area contributed by atoms with Crippen LogP contribution in [0.3, 0.4) is 0 Å². The summed E-state index contributed by atoms with van der Waals surface area (Å²) in [6.45, 7) is 2.04. The second-order valence-corrected chi connectivity index (χ2v) is 5.32. The molecule has 2 heterocycles. The highest BCUT2D eigenvalue weighted by Gasteiger charge is 2.13. The van der Waals surface area contributed by atoms with E-state index in [2.05, 4.69) is 17.1 Å². The first-order chi connectivity index (χ1) is 9.63. The maximum Gasteiger partial charge on any atom is 0.133 e. The maximum atomic E-state index is 6.26. The summed E-state index contributed by atoms with van der Waals surface area (Å²) in [5, 5.41) is 1.58. The highest BCUT2D eigenvalue weighted by Crippen LogP contribution is 2.25. The van der Waals surface area contributed by atoms with Crippen LogP contribution in [0.15, 0.2) is 47.1 Å². The van der Waals surface area contributed by atoms with Gasteiger partial charge in [-0.15, -0.1) is 0 Å². The number of pyridine rings is 1. The second kappa shape index (κ2) is 5.27. The van der Waals surface area contributed by atoms with E-state index in [1.165, 1.54) is 5.56 Å². The van der Waals surface area contributed by atoms with E-state index in [-0.39, 0.29) is 6.04 Å². The Morgan fingerprint density at radius 1 is 1.30 bits per heavy atom. The first-order valence-corrected chi connectivity index (χ1v) is 6.86. The standard InChI is InChI=1S/C16H15ClN2O/c1-10-4-5-11-8-12(16(17)19-14(11)7-10)9-13(18)15-3-2-6-20-15/h2-8,13H,9,18H2,1H3. The van der Waals surface area contributed by atoms with Crippen LogP contribution in [-0.2, 0) is 6.42 Å².